The van der Waals surface area contributed by atoms with E-state index in [0.29, 0.717) is 19.8 Å². The van der Waals surface area contributed by atoms with Gasteiger partial charge in [-0.05, 0) is 39.8 Å². The van der Waals surface area contributed by atoms with Crippen molar-refractivity contribution in [3.63, 3.8) is 0 Å². The van der Waals surface area contributed by atoms with Crippen LogP contribution in [-0.4, -0.2) is 51.0 Å². The fourth-order valence-electron chi connectivity index (χ4n) is 5.95. The highest BCUT2D eigenvalue weighted by atomic mass is 28.3. The van der Waals surface area contributed by atoms with Crippen LogP contribution in [0.5, 0.6) is 0 Å². The van der Waals surface area contributed by atoms with E-state index in [0.717, 1.165) is 6.42 Å². The first kappa shape index (κ1) is 23.3. The largest absolute Gasteiger partial charge is 0.448 e. The predicted octanol–water partition coefficient (Wildman–Crippen LogP) is 6.04. The molecule has 2 atom stereocenters. The number of carbonyl (C=O) groups is 1. The number of hydrogen-bond donors (Lipinski definition) is 0. The number of carbonyl (C=O) groups excluding carboxylic acids is 1. The highest BCUT2D eigenvalue weighted by Crippen LogP contribution is 2.44. The average Bonchev–Trinajstić information content (AvgIpc) is 3.20. The van der Waals surface area contributed by atoms with Gasteiger partial charge in [-0.25, -0.2) is 4.79 Å². The fourth-order valence-corrected chi connectivity index (χ4v) is 7.11. The molecule has 0 spiro atoms. The molecule has 0 aromatic heterocycles. The van der Waals surface area contributed by atoms with Gasteiger partial charge in [0.2, 0.25) is 0 Å². The highest BCUT2D eigenvalue weighted by molar-refractivity contribution is 6.88. The molecular formula is C31H33NO3Si. The van der Waals surface area contributed by atoms with Crippen LogP contribution in [0.2, 0.25) is 19.6 Å². The SMILES string of the molecule is C[Si](C)(C)c1ccc(C2=CC3COCC(C2)N3C(=O)OCC2c3ccccc3-c3ccccc32)cc1. The number of amides is 1. The Morgan fingerprint density at radius 3 is 2.17 bits per heavy atom. The first-order chi connectivity index (χ1) is 17.4. The molecule has 3 aliphatic rings. The molecule has 184 valence electrons. The van der Waals surface area contributed by atoms with Gasteiger partial charge in [0.15, 0.2) is 0 Å². The third-order valence-corrected chi connectivity index (χ3v) is 9.93. The van der Waals surface area contributed by atoms with Gasteiger partial charge < -0.3 is 9.47 Å². The highest BCUT2D eigenvalue weighted by Gasteiger charge is 2.40. The number of rotatable bonds is 4. The van der Waals surface area contributed by atoms with Crippen LogP contribution in [-0.2, 0) is 9.47 Å². The van der Waals surface area contributed by atoms with Crippen molar-refractivity contribution in [2.24, 2.45) is 0 Å². The number of benzene rings is 3. The Morgan fingerprint density at radius 2 is 1.56 bits per heavy atom. The van der Waals surface area contributed by atoms with Gasteiger partial charge in [0.25, 0.3) is 0 Å². The minimum Gasteiger partial charge on any atom is -0.448 e. The molecule has 1 fully saturated rings. The summed E-state index contributed by atoms with van der Waals surface area (Å²) in [4.78, 5) is 15.3. The van der Waals surface area contributed by atoms with Crippen molar-refractivity contribution in [1.29, 1.82) is 0 Å². The fraction of sp³-hybridized carbons (Fsp3) is 0.323. The maximum atomic E-state index is 13.4. The molecule has 0 radical (unpaired) electrons. The zero-order valence-corrected chi connectivity index (χ0v) is 22.2. The topological polar surface area (TPSA) is 38.8 Å². The first-order valence-electron chi connectivity index (χ1n) is 12.9. The van der Waals surface area contributed by atoms with Crippen molar-refractivity contribution in [1.82, 2.24) is 4.90 Å². The second kappa shape index (κ2) is 9.06. The molecule has 2 aliphatic heterocycles. The van der Waals surface area contributed by atoms with Crippen LogP contribution in [0.4, 0.5) is 4.79 Å². The molecule has 5 heteroatoms. The van der Waals surface area contributed by atoms with Crippen molar-refractivity contribution in [3.8, 4) is 11.1 Å². The molecule has 1 aliphatic carbocycles. The molecule has 3 aromatic carbocycles. The van der Waals surface area contributed by atoms with E-state index in [-0.39, 0.29) is 24.1 Å². The van der Waals surface area contributed by atoms with Crippen molar-refractivity contribution >= 4 is 24.9 Å². The summed E-state index contributed by atoms with van der Waals surface area (Å²) in [5.41, 5.74) is 7.50. The van der Waals surface area contributed by atoms with E-state index in [1.165, 1.54) is 38.6 Å². The standard InChI is InChI=1S/C31H33NO3Si/c1-36(2,3)25-14-12-21(13-15-25)22-16-23-18-34-19-24(17-22)32(23)31(33)35-20-30-28-10-6-4-8-26(28)27-9-5-7-11-29(27)30/h4-16,23-24,30H,17-20H2,1-3H3. The van der Waals surface area contributed by atoms with Crippen LogP contribution in [0.25, 0.3) is 16.7 Å². The molecule has 0 N–H and O–H groups in total. The van der Waals surface area contributed by atoms with Crippen LogP contribution < -0.4 is 5.19 Å². The molecule has 1 amide bonds. The average molecular weight is 496 g/mol. The van der Waals surface area contributed by atoms with E-state index in [9.17, 15) is 4.79 Å². The Labute approximate surface area is 214 Å². The van der Waals surface area contributed by atoms with Gasteiger partial charge >= 0.3 is 6.09 Å². The minimum absolute atomic E-state index is 0.00364. The summed E-state index contributed by atoms with van der Waals surface area (Å²) in [6.45, 7) is 8.52. The lowest BCUT2D eigenvalue weighted by Gasteiger charge is -2.44. The number of hydrogen-bond acceptors (Lipinski definition) is 3. The molecule has 36 heavy (non-hydrogen) atoms. The van der Waals surface area contributed by atoms with Gasteiger partial charge in [0.1, 0.15) is 6.61 Å². The zero-order valence-electron chi connectivity index (χ0n) is 21.2. The summed E-state index contributed by atoms with van der Waals surface area (Å²) in [7, 11) is -1.33. The van der Waals surface area contributed by atoms with Crippen LogP contribution in [0.15, 0.2) is 78.9 Å². The van der Waals surface area contributed by atoms with Crippen molar-refractivity contribution in [3.05, 3.63) is 95.6 Å². The molecule has 2 unspecified atom stereocenters. The van der Waals surface area contributed by atoms with Gasteiger partial charge in [-0.15, -0.1) is 0 Å². The Balaban J connectivity index is 1.20. The molecule has 2 heterocycles. The minimum atomic E-state index is -1.33. The third-order valence-electron chi connectivity index (χ3n) is 7.87. The Hall–Kier alpha value is -3.15. The van der Waals surface area contributed by atoms with Crippen LogP contribution >= 0.6 is 0 Å². The lowest BCUT2D eigenvalue weighted by atomic mass is 9.90. The van der Waals surface area contributed by atoms with E-state index in [1.807, 2.05) is 4.90 Å². The predicted molar refractivity (Wildman–Crippen MR) is 147 cm³/mol. The molecular weight excluding hydrogens is 462 g/mol. The summed E-state index contributed by atoms with van der Waals surface area (Å²) in [6.07, 6.45) is 2.76. The van der Waals surface area contributed by atoms with Crippen LogP contribution in [0.3, 0.4) is 0 Å². The lowest BCUT2D eigenvalue weighted by Crippen LogP contribution is -2.56. The Kier molecular flexibility index (Phi) is 5.85. The van der Waals surface area contributed by atoms with Gasteiger partial charge in [0.05, 0.1) is 33.4 Å². The van der Waals surface area contributed by atoms with E-state index < -0.39 is 8.07 Å². The smallest absolute Gasteiger partial charge is 0.410 e. The first-order valence-corrected chi connectivity index (χ1v) is 16.4. The van der Waals surface area contributed by atoms with E-state index >= 15 is 0 Å². The summed E-state index contributed by atoms with van der Waals surface area (Å²) >= 11 is 0. The monoisotopic (exact) mass is 495 g/mol. The summed E-state index contributed by atoms with van der Waals surface area (Å²) in [6, 6.07) is 25.9. The maximum absolute atomic E-state index is 13.4. The van der Waals surface area contributed by atoms with Crippen molar-refractivity contribution in [2.75, 3.05) is 19.8 Å². The molecule has 2 bridgehead atoms. The summed E-state index contributed by atoms with van der Waals surface area (Å²) in [5.74, 6) is 0.0678. The van der Waals surface area contributed by atoms with Crippen molar-refractivity contribution in [2.45, 2.75) is 44.1 Å². The van der Waals surface area contributed by atoms with Gasteiger partial charge in [0, 0.05) is 5.92 Å². The summed E-state index contributed by atoms with van der Waals surface area (Å²) in [5, 5.41) is 1.46. The molecule has 4 nitrogen and oxygen atoms in total. The molecule has 0 saturated carbocycles. The van der Waals surface area contributed by atoms with Gasteiger partial charge in [-0.3, -0.25) is 4.90 Å². The summed E-state index contributed by atoms with van der Waals surface area (Å²) < 4.78 is 11.9. The Bertz CT molecular complexity index is 1280. The van der Waals surface area contributed by atoms with E-state index in [2.05, 4.69) is 98.5 Å². The Morgan fingerprint density at radius 1 is 0.917 bits per heavy atom. The quantitative estimate of drug-likeness (QED) is 0.415. The second-order valence-corrected chi connectivity index (χ2v) is 16.3. The van der Waals surface area contributed by atoms with Crippen LogP contribution in [0.1, 0.15) is 29.0 Å². The van der Waals surface area contributed by atoms with E-state index in [4.69, 9.17) is 9.47 Å². The maximum Gasteiger partial charge on any atom is 0.410 e. The number of nitrogens with zero attached hydrogens (tertiary/aromatic N) is 1. The number of fused-ring (bicyclic) bond motifs is 5. The van der Waals surface area contributed by atoms with Gasteiger partial charge in [-0.2, -0.15) is 0 Å². The van der Waals surface area contributed by atoms with Crippen LogP contribution in [0, 0.1) is 0 Å². The normalized spacial score (nSPS) is 21.0. The van der Waals surface area contributed by atoms with E-state index in [1.54, 1.807) is 0 Å². The molecule has 3 aromatic rings. The van der Waals surface area contributed by atoms with Gasteiger partial charge in [-0.1, -0.05) is 104 Å². The molecule has 1 saturated heterocycles. The third kappa shape index (κ3) is 4.10. The lowest BCUT2D eigenvalue weighted by molar-refractivity contribution is -0.0331. The number of morpholine rings is 1. The second-order valence-electron chi connectivity index (χ2n) is 11.2. The molecule has 6 rings (SSSR count). The van der Waals surface area contributed by atoms with Crippen molar-refractivity contribution < 1.29 is 14.3 Å². The zero-order chi connectivity index (χ0) is 24.9. The number of ether oxygens (including phenoxy) is 2.